The number of halogens is 1. The highest BCUT2D eigenvalue weighted by Crippen LogP contribution is 2.26. The Morgan fingerprint density at radius 1 is 1.19 bits per heavy atom. The van der Waals surface area contributed by atoms with E-state index >= 15 is 0 Å². The molecule has 0 aliphatic rings. The van der Waals surface area contributed by atoms with E-state index in [1.807, 2.05) is 13.8 Å². The first kappa shape index (κ1) is 24.3. The van der Waals surface area contributed by atoms with E-state index in [1.54, 1.807) is 26.1 Å². The molecule has 0 spiro atoms. The van der Waals surface area contributed by atoms with Crippen LogP contribution in [0.5, 0.6) is 0 Å². The van der Waals surface area contributed by atoms with E-state index in [2.05, 4.69) is 5.32 Å². The summed E-state index contributed by atoms with van der Waals surface area (Å²) in [6.07, 6.45) is 0. The lowest BCUT2D eigenvalue weighted by atomic mass is 10.2. The predicted molar refractivity (Wildman–Crippen MR) is 104 cm³/mol. The van der Waals surface area contributed by atoms with Crippen LogP contribution in [-0.2, 0) is 7.05 Å². The van der Waals surface area contributed by atoms with Gasteiger partial charge in [0.25, 0.3) is 5.91 Å². The number of hydrogen-bond donors (Lipinski definition) is 4. The maximum Gasteiger partial charge on any atom is 0.252 e. The minimum absolute atomic E-state index is 0.125. The number of aromatic nitrogens is 1. The molecule has 0 bridgehead atoms. The van der Waals surface area contributed by atoms with Crippen LogP contribution in [0.25, 0.3) is 0 Å². The standard InChI is InChI=1S/C15H16FN3O2.C2H6O2.C2H6/c1-8-4-5-12(11(16)6-8)18-15-10(14(17)21)7-13(9(2)20)19(15)3;3-1-2-4;1-2/h4-7,18H,1-3H3,(H2,17,21);3-4H,1-2H2;1-2H3. The highest BCUT2D eigenvalue weighted by molar-refractivity contribution is 6.03. The molecular weight excluding hydrogens is 353 g/mol. The Kier molecular flexibility index (Phi) is 10.6. The molecule has 2 rings (SSSR count). The maximum atomic E-state index is 13.9. The molecule has 0 fully saturated rings. The van der Waals surface area contributed by atoms with E-state index in [4.69, 9.17) is 15.9 Å². The number of Topliss-reactive ketones (excluding diaryl/α,β-unsaturated/α-hetero) is 1. The second-order valence-corrected chi connectivity index (χ2v) is 5.33. The quantitative estimate of drug-likeness (QED) is 0.594. The maximum absolute atomic E-state index is 13.9. The van der Waals surface area contributed by atoms with Crippen LogP contribution in [0.2, 0.25) is 0 Å². The van der Waals surface area contributed by atoms with Gasteiger partial charge in [0.05, 0.1) is 30.2 Å². The van der Waals surface area contributed by atoms with Gasteiger partial charge in [0.15, 0.2) is 5.78 Å². The van der Waals surface area contributed by atoms with E-state index in [9.17, 15) is 14.0 Å². The fourth-order valence-corrected chi connectivity index (χ4v) is 2.13. The van der Waals surface area contributed by atoms with E-state index < -0.39 is 11.7 Å². The minimum Gasteiger partial charge on any atom is -0.394 e. The highest BCUT2D eigenvalue weighted by atomic mass is 19.1. The van der Waals surface area contributed by atoms with Gasteiger partial charge in [0.2, 0.25) is 0 Å². The van der Waals surface area contributed by atoms with Crippen molar-refractivity contribution in [2.75, 3.05) is 18.5 Å². The molecule has 7 nitrogen and oxygen atoms in total. The summed E-state index contributed by atoms with van der Waals surface area (Å²) in [4.78, 5) is 23.0. The molecule has 0 aliphatic heterocycles. The molecule has 150 valence electrons. The number of aliphatic hydroxyl groups excluding tert-OH is 2. The van der Waals surface area contributed by atoms with E-state index in [1.165, 1.54) is 23.6 Å². The molecule has 0 aliphatic carbocycles. The summed E-state index contributed by atoms with van der Waals surface area (Å²) < 4.78 is 15.4. The van der Waals surface area contributed by atoms with Crippen molar-refractivity contribution in [1.82, 2.24) is 4.57 Å². The van der Waals surface area contributed by atoms with Gasteiger partial charge in [0.1, 0.15) is 11.6 Å². The Labute approximate surface area is 158 Å². The summed E-state index contributed by atoms with van der Waals surface area (Å²) in [6, 6.07) is 6.08. The molecule has 0 atom stereocenters. The second kappa shape index (κ2) is 11.8. The average molecular weight is 381 g/mol. The number of nitrogens with zero attached hydrogens (tertiary/aromatic N) is 1. The minimum atomic E-state index is -0.687. The fraction of sp³-hybridized carbons (Fsp3) is 0.368. The van der Waals surface area contributed by atoms with Crippen molar-refractivity contribution < 1.29 is 24.2 Å². The average Bonchev–Trinajstić information content (AvgIpc) is 2.96. The van der Waals surface area contributed by atoms with Crippen molar-refractivity contribution in [3.8, 4) is 0 Å². The van der Waals surface area contributed by atoms with Gasteiger partial charge in [-0.15, -0.1) is 0 Å². The fourth-order valence-electron chi connectivity index (χ4n) is 2.13. The number of rotatable bonds is 5. The predicted octanol–water partition coefficient (Wildman–Crippen LogP) is 2.51. The van der Waals surface area contributed by atoms with Crippen LogP contribution in [0.1, 0.15) is 47.2 Å². The number of primary amides is 1. The molecule has 1 aromatic carbocycles. The SMILES string of the molecule is CC.CC(=O)c1cc(C(N)=O)c(Nc2ccc(C)cc2F)n1C.OCCO. The van der Waals surface area contributed by atoms with Gasteiger partial charge in [-0.3, -0.25) is 9.59 Å². The van der Waals surface area contributed by atoms with Crippen LogP contribution in [-0.4, -0.2) is 39.7 Å². The number of carbonyl (C=O) groups is 2. The Hall–Kier alpha value is -2.71. The zero-order valence-electron chi connectivity index (χ0n) is 16.3. The van der Waals surface area contributed by atoms with Crippen LogP contribution in [0.3, 0.4) is 0 Å². The summed E-state index contributed by atoms with van der Waals surface area (Å²) in [5, 5.41) is 18.1. The molecule has 27 heavy (non-hydrogen) atoms. The number of ketones is 1. The van der Waals surface area contributed by atoms with Gasteiger partial charge in [-0.2, -0.15) is 0 Å². The Morgan fingerprint density at radius 2 is 1.74 bits per heavy atom. The molecule has 8 heteroatoms. The second-order valence-electron chi connectivity index (χ2n) is 5.33. The van der Waals surface area contributed by atoms with Gasteiger partial charge < -0.3 is 25.8 Å². The molecule has 0 unspecified atom stereocenters. The van der Waals surface area contributed by atoms with Crippen molar-refractivity contribution in [3.63, 3.8) is 0 Å². The highest BCUT2D eigenvalue weighted by Gasteiger charge is 2.19. The number of hydrogen-bond acceptors (Lipinski definition) is 5. The normalized spacial score (nSPS) is 9.48. The summed E-state index contributed by atoms with van der Waals surface area (Å²) in [5.74, 6) is -1.06. The number of benzene rings is 1. The van der Waals surface area contributed by atoms with Crippen molar-refractivity contribution >= 4 is 23.2 Å². The van der Waals surface area contributed by atoms with Gasteiger partial charge in [-0.1, -0.05) is 19.9 Å². The Bertz CT molecular complexity index is 771. The van der Waals surface area contributed by atoms with Crippen LogP contribution >= 0.6 is 0 Å². The third-order valence-electron chi connectivity index (χ3n) is 3.34. The van der Waals surface area contributed by atoms with Crippen LogP contribution in [0, 0.1) is 12.7 Å². The number of aryl methyl sites for hydroxylation is 1. The van der Waals surface area contributed by atoms with Crippen molar-refractivity contribution in [2.24, 2.45) is 12.8 Å². The van der Waals surface area contributed by atoms with Crippen molar-refractivity contribution in [1.29, 1.82) is 0 Å². The van der Waals surface area contributed by atoms with Crippen molar-refractivity contribution in [3.05, 3.63) is 46.9 Å². The lowest BCUT2D eigenvalue weighted by Gasteiger charge is -2.11. The van der Waals surface area contributed by atoms with E-state index in [0.717, 1.165) is 5.56 Å². The first-order chi connectivity index (χ1) is 12.7. The van der Waals surface area contributed by atoms with Gasteiger partial charge >= 0.3 is 0 Å². The smallest absolute Gasteiger partial charge is 0.252 e. The van der Waals surface area contributed by atoms with E-state index in [0.29, 0.717) is 5.69 Å². The molecule has 0 radical (unpaired) electrons. The molecular formula is C19H28FN3O4. The van der Waals surface area contributed by atoms with Gasteiger partial charge in [-0.25, -0.2) is 4.39 Å². The summed E-state index contributed by atoms with van der Waals surface area (Å²) in [5.41, 5.74) is 6.76. The van der Waals surface area contributed by atoms with Crippen molar-refractivity contribution in [2.45, 2.75) is 27.7 Å². The molecule has 5 N–H and O–H groups in total. The zero-order chi connectivity index (χ0) is 21.1. The molecule has 1 amide bonds. The molecule has 0 saturated carbocycles. The Morgan fingerprint density at radius 3 is 2.15 bits per heavy atom. The zero-order valence-corrected chi connectivity index (χ0v) is 16.3. The number of nitrogens with one attached hydrogen (secondary N) is 1. The summed E-state index contributed by atoms with van der Waals surface area (Å²) in [6.45, 7) is 6.91. The Balaban J connectivity index is 0.000000998. The van der Waals surface area contributed by atoms with Gasteiger partial charge in [-0.05, 0) is 30.7 Å². The lowest BCUT2D eigenvalue weighted by molar-refractivity contribution is 0.0998. The van der Waals surface area contributed by atoms with Crippen LogP contribution in [0.4, 0.5) is 15.9 Å². The number of nitrogens with two attached hydrogens (primary N) is 1. The molecule has 2 aromatic rings. The third-order valence-corrected chi connectivity index (χ3v) is 3.34. The van der Waals surface area contributed by atoms with Gasteiger partial charge in [0, 0.05) is 14.0 Å². The van der Waals surface area contributed by atoms with Crippen LogP contribution < -0.4 is 11.1 Å². The monoisotopic (exact) mass is 381 g/mol. The number of anilines is 2. The largest absolute Gasteiger partial charge is 0.394 e. The third kappa shape index (κ3) is 6.84. The first-order valence-corrected chi connectivity index (χ1v) is 8.48. The van der Waals surface area contributed by atoms with Crippen LogP contribution in [0.15, 0.2) is 24.3 Å². The van der Waals surface area contributed by atoms with E-state index in [-0.39, 0.29) is 36.1 Å². The molecule has 0 saturated heterocycles. The summed E-state index contributed by atoms with van der Waals surface area (Å²) in [7, 11) is 1.61. The summed E-state index contributed by atoms with van der Waals surface area (Å²) >= 11 is 0. The number of carbonyl (C=O) groups excluding carboxylic acids is 2. The number of aliphatic hydroxyl groups is 2. The molecule has 1 heterocycles. The topological polar surface area (TPSA) is 118 Å². The molecule has 1 aromatic heterocycles. The first-order valence-electron chi connectivity index (χ1n) is 8.48. The number of amides is 1. The lowest BCUT2D eigenvalue weighted by Crippen LogP contribution is -2.13.